The van der Waals surface area contributed by atoms with Crippen molar-refractivity contribution in [3.05, 3.63) is 59.9 Å². The molecule has 0 aliphatic carbocycles. The van der Waals surface area contributed by atoms with Gasteiger partial charge in [0.25, 0.3) is 0 Å². The van der Waals surface area contributed by atoms with Crippen molar-refractivity contribution in [3.8, 4) is 5.75 Å². The summed E-state index contributed by atoms with van der Waals surface area (Å²) in [5, 5.41) is 2.80. The lowest BCUT2D eigenvalue weighted by Crippen LogP contribution is -2.21. The van der Waals surface area contributed by atoms with Crippen LogP contribution < -0.4 is 10.1 Å². The van der Waals surface area contributed by atoms with Crippen LogP contribution in [0.2, 0.25) is 0 Å². The molecule has 24 heavy (non-hydrogen) atoms. The molecular formula is C18H20N2O4. The van der Waals surface area contributed by atoms with Gasteiger partial charge in [0.05, 0.1) is 12.6 Å². The Morgan fingerprint density at radius 2 is 2.08 bits per heavy atom. The number of carbonyl (C=O) groups excluding carboxylic acids is 2. The normalized spacial score (nSPS) is 11.4. The quantitative estimate of drug-likeness (QED) is 0.563. The van der Waals surface area contributed by atoms with Crippen molar-refractivity contribution in [1.29, 1.82) is 0 Å². The predicted octanol–water partition coefficient (Wildman–Crippen LogP) is 2.05. The summed E-state index contributed by atoms with van der Waals surface area (Å²) in [6.45, 7) is 1.97. The van der Waals surface area contributed by atoms with Crippen molar-refractivity contribution in [2.75, 3.05) is 13.2 Å². The first-order chi connectivity index (χ1) is 11.7. The van der Waals surface area contributed by atoms with E-state index in [1.54, 1.807) is 31.5 Å². The summed E-state index contributed by atoms with van der Waals surface area (Å²) in [6.07, 6.45) is 4.74. The van der Waals surface area contributed by atoms with Crippen LogP contribution in [0.5, 0.6) is 5.75 Å². The van der Waals surface area contributed by atoms with Crippen LogP contribution in [0.1, 0.15) is 24.1 Å². The van der Waals surface area contributed by atoms with Gasteiger partial charge in [-0.3, -0.25) is 9.78 Å². The van der Waals surface area contributed by atoms with Gasteiger partial charge in [-0.1, -0.05) is 18.2 Å². The van der Waals surface area contributed by atoms with Gasteiger partial charge in [-0.05, 0) is 42.7 Å². The van der Waals surface area contributed by atoms with Crippen molar-refractivity contribution >= 4 is 12.4 Å². The Labute approximate surface area is 140 Å². The van der Waals surface area contributed by atoms with Crippen molar-refractivity contribution in [3.63, 3.8) is 0 Å². The first-order valence-corrected chi connectivity index (χ1v) is 7.70. The summed E-state index contributed by atoms with van der Waals surface area (Å²) in [4.78, 5) is 26.2. The Bertz CT molecular complexity index is 644. The van der Waals surface area contributed by atoms with Crippen LogP contribution in [-0.4, -0.2) is 30.6 Å². The number of nitrogens with zero attached hydrogens (tertiary/aromatic N) is 1. The summed E-state index contributed by atoms with van der Waals surface area (Å²) in [6, 6.07) is 11.0. The lowest BCUT2D eigenvalue weighted by Gasteiger charge is -2.16. The van der Waals surface area contributed by atoms with Crippen LogP contribution in [0.15, 0.2) is 48.8 Å². The first kappa shape index (κ1) is 17.5. The molecule has 1 atom stereocenters. The molecule has 0 saturated carbocycles. The zero-order chi connectivity index (χ0) is 17.2. The number of aromatic nitrogens is 1. The maximum Gasteiger partial charge on any atom is 0.344 e. The second-order valence-electron chi connectivity index (χ2n) is 5.07. The van der Waals surface area contributed by atoms with E-state index in [0.29, 0.717) is 25.2 Å². The van der Waals surface area contributed by atoms with Crippen molar-refractivity contribution < 1.29 is 19.1 Å². The van der Waals surface area contributed by atoms with Gasteiger partial charge in [-0.2, -0.15) is 0 Å². The molecular weight excluding hydrogens is 308 g/mol. The summed E-state index contributed by atoms with van der Waals surface area (Å²) in [7, 11) is 0. The number of hydrogen-bond donors (Lipinski definition) is 1. The zero-order valence-corrected chi connectivity index (χ0v) is 13.5. The molecule has 0 radical (unpaired) electrons. The molecule has 6 nitrogen and oxygen atoms in total. The molecule has 2 aromatic rings. The van der Waals surface area contributed by atoms with Gasteiger partial charge < -0.3 is 14.8 Å². The monoisotopic (exact) mass is 328 g/mol. The van der Waals surface area contributed by atoms with E-state index in [9.17, 15) is 9.59 Å². The van der Waals surface area contributed by atoms with Crippen LogP contribution in [0, 0.1) is 0 Å². The van der Waals surface area contributed by atoms with Gasteiger partial charge >= 0.3 is 5.97 Å². The number of ether oxygens (including phenoxy) is 2. The molecule has 0 aliphatic heterocycles. The molecule has 2 rings (SSSR count). The van der Waals surface area contributed by atoms with Crippen LogP contribution in [0.25, 0.3) is 0 Å². The number of carbonyl (C=O) groups is 2. The number of rotatable bonds is 9. The highest BCUT2D eigenvalue weighted by Gasteiger charge is 2.11. The fourth-order valence-electron chi connectivity index (χ4n) is 2.24. The average molecular weight is 328 g/mol. The number of amides is 1. The minimum absolute atomic E-state index is 0.113. The second kappa shape index (κ2) is 9.29. The fourth-order valence-corrected chi connectivity index (χ4v) is 2.24. The molecule has 0 spiro atoms. The highest BCUT2D eigenvalue weighted by atomic mass is 16.6. The number of benzene rings is 1. The molecule has 126 valence electrons. The molecule has 1 amide bonds. The van der Waals surface area contributed by atoms with E-state index in [-0.39, 0.29) is 12.6 Å². The number of esters is 1. The van der Waals surface area contributed by atoms with Crippen LogP contribution in [0.3, 0.4) is 0 Å². The molecule has 6 heteroatoms. The summed E-state index contributed by atoms with van der Waals surface area (Å²) >= 11 is 0. The Balaban J connectivity index is 1.96. The third kappa shape index (κ3) is 5.39. The molecule has 1 unspecified atom stereocenters. The predicted molar refractivity (Wildman–Crippen MR) is 88.5 cm³/mol. The molecule has 1 heterocycles. The minimum atomic E-state index is -0.395. The van der Waals surface area contributed by atoms with Crippen molar-refractivity contribution in [2.24, 2.45) is 0 Å². The Morgan fingerprint density at radius 3 is 2.71 bits per heavy atom. The second-order valence-corrected chi connectivity index (χ2v) is 5.07. The summed E-state index contributed by atoms with van der Waals surface area (Å²) in [5.41, 5.74) is 1.97. The lowest BCUT2D eigenvalue weighted by atomic mass is 10.0. The Hall–Kier alpha value is -2.89. The molecule has 0 saturated heterocycles. The molecule has 1 N–H and O–H groups in total. The van der Waals surface area contributed by atoms with E-state index >= 15 is 0 Å². The number of hydrogen-bond acceptors (Lipinski definition) is 5. The lowest BCUT2D eigenvalue weighted by molar-refractivity contribution is -0.145. The third-order valence-corrected chi connectivity index (χ3v) is 3.38. The van der Waals surface area contributed by atoms with Gasteiger partial charge in [-0.25, -0.2) is 4.79 Å². The van der Waals surface area contributed by atoms with E-state index in [0.717, 1.165) is 11.1 Å². The molecule has 1 aromatic carbocycles. The largest absolute Gasteiger partial charge is 0.482 e. The van der Waals surface area contributed by atoms with Crippen LogP contribution in [0.4, 0.5) is 0 Å². The zero-order valence-electron chi connectivity index (χ0n) is 13.5. The number of nitrogens with one attached hydrogen (secondary N) is 1. The topological polar surface area (TPSA) is 77.5 Å². The average Bonchev–Trinajstić information content (AvgIpc) is 2.62. The van der Waals surface area contributed by atoms with E-state index < -0.39 is 5.97 Å². The van der Waals surface area contributed by atoms with Gasteiger partial charge in [0.2, 0.25) is 6.41 Å². The third-order valence-electron chi connectivity index (χ3n) is 3.38. The van der Waals surface area contributed by atoms with Crippen LogP contribution >= 0.6 is 0 Å². The smallest absolute Gasteiger partial charge is 0.344 e. The van der Waals surface area contributed by atoms with E-state index in [1.165, 1.54) is 0 Å². The highest BCUT2D eigenvalue weighted by molar-refractivity contribution is 5.71. The maximum atomic E-state index is 11.3. The number of pyridine rings is 1. The fraction of sp³-hybridized carbons (Fsp3) is 0.278. The van der Waals surface area contributed by atoms with Gasteiger partial charge in [0.1, 0.15) is 5.75 Å². The Morgan fingerprint density at radius 1 is 1.29 bits per heavy atom. The van der Waals surface area contributed by atoms with E-state index in [4.69, 9.17) is 9.47 Å². The maximum absolute atomic E-state index is 11.3. The minimum Gasteiger partial charge on any atom is -0.482 e. The first-order valence-electron chi connectivity index (χ1n) is 7.70. The highest BCUT2D eigenvalue weighted by Crippen LogP contribution is 2.19. The van der Waals surface area contributed by atoms with E-state index in [2.05, 4.69) is 10.3 Å². The molecule has 0 fully saturated rings. The van der Waals surface area contributed by atoms with Gasteiger partial charge in [0.15, 0.2) is 6.61 Å². The van der Waals surface area contributed by atoms with Gasteiger partial charge in [0, 0.05) is 12.4 Å². The SMILES string of the molecule is CCOC(=O)COc1ccc(CC(NC=O)c2cccnc2)cc1. The molecule has 0 aliphatic rings. The summed E-state index contributed by atoms with van der Waals surface area (Å²) < 4.78 is 10.2. The molecule has 0 bridgehead atoms. The van der Waals surface area contributed by atoms with Crippen molar-refractivity contribution in [2.45, 2.75) is 19.4 Å². The van der Waals surface area contributed by atoms with Crippen molar-refractivity contribution in [1.82, 2.24) is 10.3 Å². The standard InChI is InChI=1S/C18H20N2O4/c1-2-23-18(22)12-24-16-7-5-14(6-8-16)10-17(20-13-21)15-4-3-9-19-11-15/h3-9,11,13,17H,2,10,12H2,1H3,(H,20,21). The Kier molecular flexibility index (Phi) is 6.76. The summed E-state index contributed by atoms with van der Waals surface area (Å²) in [5.74, 6) is 0.196. The van der Waals surface area contributed by atoms with E-state index in [1.807, 2.05) is 24.3 Å². The molecule has 1 aromatic heterocycles. The van der Waals surface area contributed by atoms with Crippen LogP contribution in [-0.2, 0) is 20.7 Å². The van der Waals surface area contributed by atoms with Gasteiger partial charge in [-0.15, -0.1) is 0 Å².